The fourth-order valence-electron chi connectivity index (χ4n) is 3.48. The molecule has 2 atom stereocenters. The highest BCUT2D eigenvalue weighted by atomic mass is 16.5. The molecule has 0 aromatic rings. The zero-order valence-corrected chi connectivity index (χ0v) is 17.8. The van der Waals surface area contributed by atoms with Gasteiger partial charge in [-0.1, -0.05) is 58.3 Å². The van der Waals surface area contributed by atoms with E-state index in [-0.39, 0.29) is 11.9 Å². The first-order valence-corrected chi connectivity index (χ1v) is 10.1. The highest BCUT2D eigenvalue weighted by Gasteiger charge is 2.32. The number of methoxy groups -OCH3 is 1. The van der Waals surface area contributed by atoms with E-state index in [2.05, 4.69) is 38.5 Å². The molecule has 1 aliphatic carbocycles. The number of rotatable bonds is 9. The molecule has 1 rings (SSSR count). The normalized spacial score (nSPS) is 19.9. The van der Waals surface area contributed by atoms with E-state index in [0.717, 1.165) is 32.0 Å². The first-order chi connectivity index (χ1) is 12.3. The smallest absolute Gasteiger partial charge is 0.330 e. The molecule has 0 saturated carbocycles. The average Bonchev–Trinajstić information content (AvgIpc) is 2.60. The number of hydrogen-bond donors (Lipinski definition) is 0. The van der Waals surface area contributed by atoms with Crippen molar-refractivity contribution in [1.29, 1.82) is 0 Å². The minimum Gasteiger partial charge on any atom is -0.466 e. The van der Waals surface area contributed by atoms with Crippen molar-refractivity contribution in [2.24, 2.45) is 17.3 Å². The number of hydrogen-bond acceptors (Lipinski definition) is 3. The van der Waals surface area contributed by atoms with Crippen LogP contribution in [0, 0.1) is 17.3 Å². The summed E-state index contributed by atoms with van der Waals surface area (Å²) in [6.45, 7) is 11.1. The monoisotopic (exact) mass is 364 g/mol. The van der Waals surface area contributed by atoms with Gasteiger partial charge in [-0.2, -0.15) is 0 Å². The second-order valence-corrected chi connectivity index (χ2v) is 8.14. The summed E-state index contributed by atoms with van der Waals surface area (Å²) in [4.78, 5) is 21.1. The number of esters is 1. The van der Waals surface area contributed by atoms with Gasteiger partial charge in [-0.15, -0.1) is 0 Å². The maximum Gasteiger partial charge on any atom is 0.330 e. The molecule has 0 radical (unpaired) electrons. The lowest BCUT2D eigenvalue weighted by Crippen LogP contribution is -2.28. The van der Waals surface area contributed by atoms with Gasteiger partial charge in [-0.05, 0) is 56.8 Å². The molecule has 150 valence electrons. The van der Waals surface area contributed by atoms with Crippen LogP contribution in [0.4, 0.5) is 0 Å². The van der Waals surface area contributed by atoms with Crippen molar-refractivity contribution in [3.63, 3.8) is 0 Å². The molecule has 0 aliphatic heterocycles. The fourth-order valence-corrected chi connectivity index (χ4v) is 3.48. The van der Waals surface area contributed by atoms with Crippen molar-refractivity contribution in [3.8, 4) is 0 Å². The summed E-state index contributed by atoms with van der Waals surface area (Å²) >= 11 is 0. The molecule has 2 unspecified atom stereocenters. The van der Waals surface area contributed by atoms with Crippen LogP contribution in [-0.2, 0) is 14.3 Å². The summed E-state index contributed by atoms with van der Waals surface area (Å²) in [7, 11) is 1.39. The summed E-state index contributed by atoms with van der Waals surface area (Å²) < 4.78 is 4.43. The Bertz CT molecular complexity index is 460. The zero-order chi connectivity index (χ0) is 20.0. The van der Waals surface area contributed by atoms with E-state index in [9.17, 15) is 9.59 Å². The summed E-state index contributed by atoms with van der Waals surface area (Å²) in [5.74, 6) is 0.630. The third-order valence-corrected chi connectivity index (χ3v) is 5.32. The molecule has 0 N–H and O–H groups in total. The van der Waals surface area contributed by atoms with Crippen LogP contribution in [0.15, 0.2) is 23.8 Å². The predicted molar refractivity (Wildman–Crippen MR) is 110 cm³/mol. The molecule has 0 amide bonds. The number of aldehydes is 1. The Morgan fingerprint density at radius 1 is 1.38 bits per heavy atom. The maximum absolute atomic E-state index is 10.6. The van der Waals surface area contributed by atoms with Crippen LogP contribution in [0.2, 0.25) is 0 Å². The van der Waals surface area contributed by atoms with E-state index in [1.54, 1.807) is 0 Å². The van der Waals surface area contributed by atoms with Gasteiger partial charge in [0.15, 0.2) is 0 Å². The van der Waals surface area contributed by atoms with Crippen LogP contribution in [0.25, 0.3) is 0 Å². The van der Waals surface area contributed by atoms with Gasteiger partial charge in [0.05, 0.1) is 7.11 Å². The van der Waals surface area contributed by atoms with Crippen LogP contribution < -0.4 is 0 Å². The first kappa shape index (κ1) is 24.6. The molecule has 1 aliphatic rings. The van der Waals surface area contributed by atoms with Crippen LogP contribution in [0.5, 0.6) is 0 Å². The minimum atomic E-state index is -0.263. The predicted octanol–water partition coefficient (Wildman–Crippen LogP) is 6.28. The minimum absolute atomic E-state index is 0.218. The first-order valence-electron chi connectivity index (χ1n) is 10.1. The van der Waals surface area contributed by atoms with Gasteiger partial charge >= 0.3 is 5.97 Å². The summed E-state index contributed by atoms with van der Waals surface area (Å²) in [5.41, 5.74) is 1.95. The second kappa shape index (κ2) is 13.8. The Balaban J connectivity index is 0.000000508. The number of carbonyl (C=O) groups excluding carboxylic acids is 2. The van der Waals surface area contributed by atoms with E-state index in [1.807, 2.05) is 13.0 Å². The molecule has 0 heterocycles. The van der Waals surface area contributed by atoms with E-state index < -0.39 is 0 Å². The Labute approximate surface area is 161 Å². The zero-order valence-electron chi connectivity index (χ0n) is 17.8. The van der Waals surface area contributed by atoms with Crippen molar-refractivity contribution in [2.75, 3.05) is 7.11 Å². The van der Waals surface area contributed by atoms with E-state index in [1.165, 1.54) is 44.4 Å². The molecule has 26 heavy (non-hydrogen) atoms. The standard InChI is InChI=1S/C14H24O.C9H16O2/c1-11(10-15)7-8-13-12(2)6-5-9-14(13,3)4;1-3-4-5-6-7-8-9(10)11-2/h6,10-11,13H,5,7-9H2,1-4H3;7-8H,3-6H2,1-2H3/b;8-7+. The van der Waals surface area contributed by atoms with E-state index >= 15 is 0 Å². The number of carbonyl (C=O) groups is 2. The van der Waals surface area contributed by atoms with Gasteiger partial charge in [0.2, 0.25) is 0 Å². The largest absolute Gasteiger partial charge is 0.466 e. The molecule has 0 spiro atoms. The third kappa shape index (κ3) is 10.6. The lowest BCUT2D eigenvalue weighted by Gasteiger charge is -2.39. The summed E-state index contributed by atoms with van der Waals surface area (Å²) in [6, 6.07) is 0. The average molecular weight is 365 g/mol. The lowest BCUT2D eigenvalue weighted by molar-refractivity contribution is -0.134. The van der Waals surface area contributed by atoms with Crippen molar-refractivity contribution in [3.05, 3.63) is 23.8 Å². The third-order valence-electron chi connectivity index (χ3n) is 5.32. The van der Waals surface area contributed by atoms with Crippen molar-refractivity contribution < 1.29 is 14.3 Å². The molecule has 0 aromatic heterocycles. The Kier molecular flexibility index (Phi) is 13.0. The molecular formula is C23H40O3. The number of allylic oxidation sites excluding steroid dienone is 3. The van der Waals surface area contributed by atoms with Gasteiger partial charge in [-0.3, -0.25) is 0 Å². The molecule has 0 aromatic carbocycles. The molecule has 0 fully saturated rings. The topological polar surface area (TPSA) is 43.4 Å². The second-order valence-electron chi connectivity index (χ2n) is 8.14. The quantitative estimate of drug-likeness (QED) is 0.159. The van der Waals surface area contributed by atoms with Gasteiger partial charge in [-0.25, -0.2) is 4.79 Å². The fraction of sp³-hybridized carbons (Fsp3) is 0.739. The molecule has 3 nitrogen and oxygen atoms in total. The van der Waals surface area contributed by atoms with Crippen LogP contribution >= 0.6 is 0 Å². The number of unbranched alkanes of at least 4 members (excludes halogenated alkanes) is 3. The van der Waals surface area contributed by atoms with Crippen LogP contribution in [-0.4, -0.2) is 19.4 Å². The highest BCUT2D eigenvalue weighted by Crippen LogP contribution is 2.43. The molecule has 0 bridgehead atoms. The van der Waals surface area contributed by atoms with E-state index in [0.29, 0.717) is 11.3 Å². The highest BCUT2D eigenvalue weighted by molar-refractivity contribution is 5.81. The van der Waals surface area contributed by atoms with E-state index in [4.69, 9.17) is 0 Å². The number of ether oxygens (including phenoxy) is 1. The molecular weight excluding hydrogens is 324 g/mol. The van der Waals surface area contributed by atoms with Gasteiger partial charge in [0.25, 0.3) is 0 Å². The van der Waals surface area contributed by atoms with Crippen LogP contribution in [0.3, 0.4) is 0 Å². The maximum atomic E-state index is 10.6. The summed E-state index contributed by atoms with van der Waals surface area (Å²) in [5, 5.41) is 0. The SMILES string of the molecule is CC1=CCCC(C)(C)C1CCC(C)C=O.CCCCC/C=C/C(=O)OC. The van der Waals surface area contributed by atoms with Crippen molar-refractivity contribution >= 4 is 12.3 Å². The molecule has 0 saturated heterocycles. The van der Waals surface area contributed by atoms with Gasteiger partial charge in [0, 0.05) is 12.0 Å². The van der Waals surface area contributed by atoms with Crippen LogP contribution in [0.1, 0.15) is 86.0 Å². The lowest BCUT2D eigenvalue weighted by atomic mass is 9.66. The molecule has 3 heteroatoms. The Morgan fingerprint density at radius 3 is 2.62 bits per heavy atom. The van der Waals surface area contributed by atoms with Gasteiger partial charge < -0.3 is 9.53 Å². The Hall–Kier alpha value is -1.38. The van der Waals surface area contributed by atoms with Crippen molar-refractivity contribution in [2.45, 2.75) is 86.0 Å². The van der Waals surface area contributed by atoms with Crippen molar-refractivity contribution in [1.82, 2.24) is 0 Å². The Morgan fingerprint density at radius 2 is 2.08 bits per heavy atom. The summed E-state index contributed by atoms with van der Waals surface area (Å²) in [6.07, 6.45) is 16.1. The van der Waals surface area contributed by atoms with Gasteiger partial charge in [0.1, 0.15) is 6.29 Å².